The third-order valence-corrected chi connectivity index (χ3v) is 5.65. The molecule has 1 atom stereocenters. The van der Waals surface area contributed by atoms with Crippen molar-refractivity contribution >= 4 is 28.9 Å². The molecule has 1 aliphatic rings. The fourth-order valence-corrected chi connectivity index (χ4v) is 3.89. The Bertz CT molecular complexity index is 907. The Morgan fingerprint density at radius 2 is 1.96 bits per heavy atom. The summed E-state index contributed by atoms with van der Waals surface area (Å²) in [5.41, 5.74) is 4.39. The summed E-state index contributed by atoms with van der Waals surface area (Å²) in [6.45, 7) is 6.69. The van der Waals surface area contributed by atoms with E-state index in [0.717, 1.165) is 17.7 Å². The van der Waals surface area contributed by atoms with Gasteiger partial charge in [0.05, 0.1) is 11.6 Å². The Morgan fingerprint density at radius 3 is 2.58 bits per heavy atom. The van der Waals surface area contributed by atoms with Gasteiger partial charge in [-0.2, -0.15) is 5.26 Å². The van der Waals surface area contributed by atoms with Crippen LogP contribution < -0.4 is 4.90 Å². The second-order valence-corrected chi connectivity index (χ2v) is 7.99. The van der Waals surface area contributed by atoms with Crippen LogP contribution in [0.25, 0.3) is 11.6 Å². The van der Waals surface area contributed by atoms with E-state index in [9.17, 15) is 9.65 Å². The molecule has 0 spiro atoms. The van der Waals surface area contributed by atoms with Crippen molar-refractivity contribution in [3.63, 3.8) is 0 Å². The van der Waals surface area contributed by atoms with Crippen LogP contribution in [0.15, 0.2) is 36.4 Å². The molecule has 0 aromatic heterocycles. The van der Waals surface area contributed by atoms with E-state index in [2.05, 4.69) is 44.9 Å². The number of hydrogen-bond donors (Lipinski definition) is 0. The molecule has 0 bridgehead atoms. The molecule has 2 aromatic rings. The third kappa shape index (κ3) is 3.34. The minimum atomic E-state index is -0.322. The molecule has 2 nitrogen and oxygen atoms in total. The van der Waals surface area contributed by atoms with Crippen LogP contribution in [-0.4, -0.2) is 12.6 Å². The number of fused-ring (bicyclic) bond motifs is 1. The Kier molecular flexibility index (Phi) is 4.82. The highest BCUT2D eigenvalue weighted by molar-refractivity contribution is 6.32. The summed E-state index contributed by atoms with van der Waals surface area (Å²) in [7, 11) is 2.09. The van der Waals surface area contributed by atoms with Crippen LogP contribution in [0.3, 0.4) is 0 Å². The molecular weight excluding hydrogens is 347 g/mol. The Labute approximate surface area is 159 Å². The van der Waals surface area contributed by atoms with Crippen molar-refractivity contribution < 1.29 is 4.39 Å². The summed E-state index contributed by atoms with van der Waals surface area (Å²) < 4.78 is 13.1. The van der Waals surface area contributed by atoms with Gasteiger partial charge in [0.1, 0.15) is 5.82 Å². The van der Waals surface area contributed by atoms with Gasteiger partial charge >= 0.3 is 0 Å². The molecule has 0 amide bonds. The van der Waals surface area contributed by atoms with E-state index in [-0.39, 0.29) is 11.4 Å². The summed E-state index contributed by atoms with van der Waals surface area (Å²) in [5.74, 6) is 0.0781. The third-order valence-electron chi connectivity index (χ3n) is 5.33. The number of allylic oxidation sites excluding steroid dienone is 1. The van der Waals surface area contributed by atoms with Crippen molar-refractivity contribution in [2.75, 3.05) is 11.9 Å². The predicted octanol–water partition coefficient (Wildman–Crippen LogP) is 6.27. The van der Waals surface area contributed by atoms with E-state index in [4.69, 9.17) is 11.6 Å². The molecule has 0 aliphatic carbocycles. The van der Waals surface area contributed by atoms with Crippen LogP contribution in [0, 0.1) is 17.1 Å². The van der Waals surface area contributed by atoms with E-state index < -0.39 is 0 Å². The molecule has 0 saturated carbocycles. The number of rotatable bonds is 2. The van der Waals surface area contributed by atoms with Crippen molar-refractivity contribution in [1.82, 2.24) is 0 Å². The highest BCUT2D eigenvalue weighted by Gasteiger charge is 2.34. The Balaban J connectivity index is 2.08. The van der Waals surface area contributed by atoms with Gasteiger partial charge in [0, 0.05) is 23.3 Å². The van der Waals surface area contributed by atoms with Gasteiger partial charge in [-0.1, -0.05) is 30.7 Å². The number of anilines is 1. The van der Waals surface area contributed by atoms with Gasteiger partial charge in [-0.25, -0.2) is 4.39 Å². The summed E-state index contributed by atoms with van der Waals surface area (Å²) in [6, 6.07) is 12.2. The zero-order chi connectivity index (χ0) is 19.1. The molecule has 0 unspecified atom stereocenters. The van der Waals surface area contributed by atoms with Gasteiger partial charge in [0.2, 0.25) is 0 Å². The number of halogens is 2. The number of nitriles is 1. The van der Waals surface area contributed by atoms with Crippen LogP contribution >= 0.6 is 11.6 Å². The molecule has 0 saturated heterocycles. The molecule has 134 valence electrons. The first-order valence-electron chi connectivity index (χ1n) is 8.68. The van der Waals surface area contributed by atoms with Crippen molar-refractivity contribution in [2.24, 2.45) is 0 Å². The topological polar surface area (TPSA) is 27.0 Å². The lowest BCUT2D eigenvalue weighted by Crippen LogP contribution is -2.45. The van der Waals surface area contributed by atoms with Crippen molar-refractivity contribution in [2.45, 2.75) is 38.6 Å². The van der Waals surface area contributed by atoms with Gasteiger partial charge in [-0.05, 0) is 73.2 Å². The molecule has 2 aromatic carbocycles. The van der Waals surface area contributed by atoms with E-state index in [0.29, 0.717) is 22.1 Å². The Morgan fingerprint density at radius 1 is 1.31 bits per heavy atom. The number of nitrogens with zero attached hydrogens (tertiary/aromatic N) is 2. The molecular formula is C22H22ClFN2. The average molecular weight is 369 g/mol. The molecule has 1 heterocycles. The largest absolute Gasteiger partial charge is 0.369 e. The molecule has 3 rings (SSSR count). The highest BCUT2D eigenvalue weighted by Crippen LogP contribution is 2.44. The van der Waals surface area contributed by atoms with Crippen molar-refractivity contribution in [1.29, 1.82) is 5.26 Å². The van der Waals surface area contributed by atoms with E-state index in [1.807, 2.05) is 6.07 Å². The van der Waals surface area contributed by atoms with E-state index in [1.54, 1.807) is 18.2 Å². The second kappa shape index (κ2) is 6.78. The van der Waals surface area contributed by atoms with Gasteiger partial charge in [0.15, 0.2) is 0 Å². The van der Waals surface area contributed by atoms with Gasteiger partial charge in [-0.15, -0.1) is 0 Å². The fourth-order valence-electron chi connectivity index (χ4n) is 3.68. The smallest absolute Gasteiger partial charge is 0.123 e. The van der Waals surface area contributed by atoms with Crippen LogP contribution in [0.4, 0.5) is 10.1 Å². The normalized spacial score (nSPS) is 19.0. The lowest BCUT2D eigenvalue weighted by Gasteiger charge is -2.45. The van der Waals surface area contributed by atoms with Gasteiger partial charge in [0.25, 0.3) is 0 Å². The van der Waals surface area contributed by atoms with Gasteiger partial charge in [-0.3, -0.25) is 0 Å². The Hall–Kier alpha value is -2.31. The van der Waals surface area contributed by atoms with Crippen molar-refractivity contribution in [3.8, 4) is 6.07 Å². The standard InChI is InChI=1S/C22H22ClFN2/c1-14-12-22(2,3)26(4)21-11-20(23)16(10-19(14)21)9-17(13-25)15-5-7-18(24)8-6-15/h5-11,14H,12H2,1-4H3/b17-9-/t14-/m1/s1. The first-order chi connectivity index (χ1) is 12.2. The maximum absolute atomic E-state index is 13.1. The summed E-state index contributed by atoms with van der Waals surface area (Å²) in [6.07, 6.45) is 2.83. The SMILES string of the molecule is C[C@@H]1CC(C)(C)N(C)c2cc(Cl)c(/C=C(/C#N)c3ccc(F)cc3)cc21. The molecule has 26 heavy (non-hydrogen) atoms. The summed E-state index contributed by atoms with van der Waals surface area (Å²) in [4.78, 5) is 2.27. The van der Waals surface area contributed by atoms with Gasteiger partial charge < -0.3 is 4.90 Å². The summed E-state index contributed by atoms with van der Waals surface area (Å²) >= 11 is 6.54. The quantitative estimate of drug-likeness (QED) is 0.461. The minimum Gasteiger partial charge on any atom is -0.369 e. The lowest BCUT2D eigenvalue weighted by molar-refractivity contribution is 0.395. The van der Waals surface area contributed by atoms with Crippen LogP contribution in [-0.2, 0) is 0 Å². The van der Waals surface area contributed by atoms with Crippen LogP contribution in [0.1, 0.15) is 49.8 Å². The second-order valence-electron chi connectivity index (χ2n) is 7.59. The van der Waals surface area contributed by atoms with E-state index >= 15 is 0 Å². The van der Waals surface area contributed by atoms with E-state index in [1.165, 1.54) is 17.7 Å². The molecule has 4 heteroatoms. The number of benzene rings is 2. The molecule has 0 N–H and O–H groups in total. The zero-order valence-corrected chi connectivity index (χ0v) is 16.2. The first kappa shape index (κ1) is 18.5. The maximum atomic E-state index is 13.1. The zero-order valence-electron chi connectivity index (χ0n) is 15.5. The first-order valence-corrected chi connectivity index (χ1v) is 9.06. The number of hydrogen-bond acceptors (Lipinski definition) is 2. The average Bonchev–Trinajstić information content (AvgIpc) is 2.59. The monoisotopic (exact) mass is 368 g/mol. The molecule has 0 radical (unpaired) electrons. The van der Waals surface area contributed by atoms with Crippen LogP contribution in [0.2, 0.25) is 5.02 Å². The predicted molar refractivity (Wildman–Crippen MR) is 107 cm³/mol. The van der Waals surface area contributed by atoms with Crippen molar-refractivity contribution in [3.05, 3.63) is 63.9 Å². The van der Waals surface area contributed by atoms with Crippen LogP contribution in [0.5, 0.6) is 0 Å². The minimum absolute atomic E-state index is 0.0685. The fraction of sp³-hybridized carbons (Fsp3) is 0.318. The molecule has 1 aliphatic heterocycles. The lowest BCUT2D eigenvalue weighted by atomic mass is 9.80. The molecule has 0 fully saturated rings. The maximum Gasteiger partial charge on any atom is 0.123 e. The highest BCUT2D eigenvalue weighted by atomic mass is 35.5. The summed E-state index contributed by atoms with van der Waals surface area (Å²) in [5, 5.41) is 10.1.